The van der Waals surface area contributed by atoms with Crippen molar-refractivity contribution < 1.29 is 9.53 Å². The van der Waals surface area contributed by atoms with Crippen LogP contribution in [0.5, 0.6) is 0 Å². The molecule has 2 aromatic rings. The number of aryl methyl sites for hydroxylation is 2. The zero-order chi connectivity index (χ0) is 20.8. The lowest BCUT2D eigenvalue weighted by Gasteiger charge is -2.36. The molecule has 4 rings (SSSR count). The van der Waals surface area contributed by atoms with Crippen LogP contribution in [-0.4, -0.2) is 49.7 Å². The van der Waals surface area contributed by atoms with Gasteiger partial charge in [0.1, 0.15) is 11.4 Å². The van der Waals surface area contributed by atoms with Gasteiger partial charge in [-0.3, -0.25) is 0 Å². The van der Waals surface area contributed by atoms with Gasteiger partial charge in [0.2, 0.25) is 0 Å². The molecule has 0 saturated carbocycles. The summed E-state index contributed by atoms with van der Waals surface area (Å²) < 4.78 is 5.61. The third kappa shape index (κ3) is 3.91. The number of amides is 1. The Bertz CT molecular complexity index is 925. The van der Waals surface area contributed by atoms with Crippen LogP contribution in [0.3, 0.4) is 0 Å². The van der Waals surface area contributed by atoms with E-state index in [1.54, 1.807) is 12.4 Å². The average molecular weight is 396 g/mol. The van der Waals surface area contributed by atoms with Gasteiger partial charge < -0.3 is 15.0 Å². The third-order valence-electron chi connectivity index (χ3n) is 5.67. The molecule has 2 atom stereocenters. The molecule has 29 heavy (non-hydrogen) atoms. The summed E-state index contributed by atoms with van der Waals surface area (Å²) in [5, 5.41) is 3.67. The van der Waals surface area contributed by atoms with Crippen LogP contribution in [0.2, 0.25) is 0 Å². The zero-order valence-electron chi connectivity index (χ0n) is 17.8. The number of fused-ring (bicyclic) bond motifs is 1. The van der Waals surface area contributed by atoms with Crippen molar-refractivity contribution in [2.75, 3.05) is 11.9 Å². The molecule has 1 saturated heterocycles. The summed E-state index contributed by atoms with van der Waals surface area (Å²) in [5.41, 5.74) is 2.39. The van der Waals surface area contributed by atoms with Crippen molar-refractivity contribution in [3.63, 3.8) is 0 Å². The normalized spacial score (nSPS) is 23.6. The molecule has 7 nitrogen and oxygen atoms in total. The Kier molecular flexibility index (Phi) is 4.71. The molecule has 4 heterocycles. The largest absolute Gasteiger partial charge is 0.444 e. The van der Waals surface area contributed by atoms with Crippen LogP contribution in [0.4, 0.5) is 10.6 Å². The number of hydrogen-bond acceptors (Lipinski definition) is 6. The van der Waals surface area contributed by atoms with Crippen LogP contribution in [0.1, 0.15) is 51.8 Å². The highest BCUT2D eigenvalue weighted by Crippen LogP contribution is 2.40. The minimum atomic E-state index is -0.492. The van der Waals surface area contributed by atoms with Crippen molar-refractivity contribution in [1.29, 1.82) is 0 Å². The molecule has 1 amide bonds. The molecule has 2 aliphatic rings. The smallest absolute Gasteiger partial charge is 0.410 e. The summed E-state index contributed by atoms with van der Waals surface area (Å²) in [6, 6.07) is 4.09. The van der Waals surface area contributed by atoms with E-state index in [1.165, 1.54) is 5.56 Å². The van der Waals surface area contributed by atoms with Crippen molar-refractivity contribution in [3.05, 3.63) is 35.8 Å². The number of anilines is 1. The molecule has 7 heteroatoms. The predicted molar refractivity (Wildman–Crippen MR) is 112 cm³/mol. The second-order valence-corrected chi connectivity index (χ2v) is 9.27. The molecule has 0 radical (unpaired) electrons. The molecule has 0 aromatic carbocycles. The minimum absolute atomic E-state index is 0.122. The Morgan fingerprint density at radius 1 is 1.31 bits per heavy atom. The number of likely N-dealkylation sites (tertiary alicyclic amines) is 1. The lowest BCUT2D eigenvalue weighted by atomic mass is 9.85. The Hall–Kier alpha value is -2.70. The highest BCUT2D eigenvalue weighted by Gasteiger charge is 2.47. The topological polar surface area (TPSA) is 80.2 Å². The number of carbonyl (C=O) groups excluding carboxylic acids is 1. The van der Waals surface area contributed by atoms with Crippen molar-refractivity contribution >= 4 is 11.9 Å². The highest BCUT2D eigenvalue weighted by molar-refractivity contribution is 5.70. The molecular weight excluding hydrogens is 366 g/mol. The third-order valence-corrected chi connectivity index (χ3v) is 5.67. The molecule has 2 aromatic heterocycles. The first kappa shape index (κ1) is 19.6. The van der Waals surface area contributed by atoms with Crippen molar-refractivity contribution in [2.24, 2.45) is 0 Å². The molecule has 0 aliphatic carbocycles. The van der Waals surface area contributed by atoms with Crippen LogP contribution in [-0.2, 0) is 11.2 Å². The fourth-order valence-electron chi connectivity index (χ4n) is 4.36. The molecule has 2 aliphatic heterocycles. The SMILES string of the molecule is Cc1nc2c(cc1-c1ncccn1)CC[C@@]1(C[C@H](C)N(C(=O)OC(C)(C)C)C1)N2. The number of carbonyl (C=O) groups is 1. The zero-order valence-corrected chi connectivity index (χ0v) is 17.8. The monoisotopic (exact) mass is 395 g/mol. The molecular formula is C22H29N5O2. The minimum Gasteiger partial charge on any atom is -0.444 e. The summed E-state index contributed by atoms with van der Waals surface area (Å²) in [6.45, 7) is 10.4. The molecule has 1 spiro atoms. The molecule has 1 fully saturated rings. The standard InChI is InChI=1S/C22H29N5O2/c1-14-12-22(13-27(14)20(28)29-21(3,4)5)8-7-16-11-17(15(2)25-18(16)26-22)19-23-9-6-10-24-19/h6,9-11,14H,7-8,12-13H2,1-5H3,(H,25,26)/t14-,22-/m0/s1. The van der Waals surface area contributed by atoms with E-state index >= 15 is 0 Å². The molecule has 154 valence electrons. The lowest BCUT2D eigenvalue weighted by molar-refractivity contribution is 0.0231. The van der Waals surface area contributed by atoms with Gasteiger partial charge in [0.25, 0.3) is 0 Å². The maximum Gasteiger partial charge on any atom is 0.410 e. The van der Waals surface area contributed by atoms with Crippen molar-refractivity contribution in [1.82, 2.24) is 19.9 Å². The van der Waals surface area contributed by atoms with E-state index in [0.717, 1.165) is 36.3 Å². The number of aromatic nitrogens is 3. The van der Waals surface area contributed by atoms with Crippen LogP contribution < -0.4 is 5.32 Å². The van der Waals surface area contributed by atoms with Gasteiger partial charge in [-0.15, -0.1) is 0 Å². The van der Waals surface area contributed by atoms with Gasteiger partial charge in [0.05, 0.1) is 11.2 Å². The van der Waals surface area contributed by atoms with E-state index in [0.29, 0.717) is 12.4 Å². The van der Waals surface area contributed by atoms with Crippen molar-refractivity contribution in [3.8, 4) is 11.4 Å². The van der Waals surface area contributed by atoms with E-state index < -0.39 is 5.60 Å². The Labute approximate surface area is 171 Å². The first-order valence-electron chi connectivity index (χ1n) is 10.2. The Balaban J connectivity index is 1.56. The van der Waals surface area contributed by atoms with Gasteiger partial charge in [0, 0.05) is 30.5 Å². The number of ether oxygens (including phenoxy) is 1. The first-order valence-corrected chi connectivity index (χ1v) is 10.2. The van der Waals surface area contributed by atoms with Crippen LogP contribution in [0, 0.1) is 6.92 Å². The fraction of sp³-hybridized carbons (Fsp3) is 0.545. The molecule has 0 bridgehead atoms. The van der Waals surface area contributed by atoms with Gasteiger partial charge in [-0.05, 0) is 71.6 Å². The first-order chi connectivity index (χ1) is 13.7. The quantitative estimate of drug-likeness (QED) is 0.787. The van der Waals surface area contributed by atoms with Crippen LogP contribution in [0.15, 0.2) is 24.5 Å². The summed E-state index contributed by atoms with van der Waals surface area (Å²) in [4.78, 5) is 28.1. The molecule has 1 N–H and O–H groups in total. The van der Waals surface area contributed by atoms with E-state index in [9.17, 15) is 4.79 Å². The van der Waals surface area contributed by atoms with E-state index in [-0.39, 0.29) is 17.7 Å². The van der Waals surface area contributed by atoms with Gasteiger partial charge in [-0.1, -0.05) is 0 Å². The highest BCUT2D eigenvalue weighted by atomic mass is 16.6. The van der Waals surface area contributed by atoms with Gasteiger partial charge >= 0.3 is 6.09 Å². The molecule has 0 unspecified atom stereocenters. The van der Waals surface area contributed by atoms with E-state index in [2.05, 4.69) is 28.3 Å². The predicted octanol–water partition coefficient (Wildman–Crippen LogP) is 3.97. The number of nitrogens with zero attached hydrogens (tertiary/aromatic N) is 4. The van der Waals surface area contributed by atoms with E-state index in [4.69, 9.17) is 9.72 Å². The van der Waals surface area contributed by atoms with Gasteiger partial charge in [-0.2, -0.15) is 0 Å². The fourth-order valence-corrected chi connectivity index (χ4v) is 4.36. The summed E-state index contributed by atoms with van der Waals surface area (Å²) in [7, 11) is 0. The maximum atomic E-state index is 12.6. The number of hydrogen-bond donors (Lipinski definition) is 1. The van der Waals surface area contributed by atoms with Gasteiger partial charge in [-0.25, -0.2) is 19.7 Å². The lowest BCUT2D eigenvalue weighted by Crippen LogP contribution is -2.46. The number of pyridine rings is 1. The Morgan fingerprint density at radius 2 is 2.03 bits per heavy atom. The maximum absolute atomic E-state index is 12.6. The summed E-state index contributed by atoms with van der Waals surface area (Å²) in [6.07, 6.45) is 6.00. The van der Waals surface area contributed by atoms with Gasteiger partial charge in [0.15, 0.2) is 5.82 Å². The number of nitrogens with one attached hydrogen (secondary N) is 1. The number of rotatable bonds is 1. The Morgan fingerprint density at radius 3 is 2.72 bits per heavy atom. The van der Waals surface area contributed by atoms with Crippen LogP contribution in [0.25, 0.3) is 11.4 Å². The second-order valence-electron chi connectivity index (χ2n) is 9.27. The van der Waals surface area contributed by atoms with E-state index in [1.807, 2.05) is 38.7 Å². The average Bonchev–Trinajstić information content (AvgIpc) is 2.96. The summed E-state index contributed by atoms with van der Waals surface area (Å²) in [5.74, 6) is 1.61. The van der Waals surface area contributed by atoms with Crippen LogP contribution >= 0.6 is 0 Å². The summed E-state index contributed by atoms with van der Waals surface area (Å²) >= 11 is 0. The van der Waals surface area contributed by atoms with Crippen molar-refractivity contribution in [2.45, 2.75) is 71.1 Å². The second kappa shape index (κ2) is 6.97.